The Kier molecular flexibility index (Phi) is 4.60. The van der Waals surface area contributed by atoms with Gasteiger partial charge in [-0.3, -0.25) is 9.55 Å². The predicted molar refractivity (Wildman–Crippen MR) is 138 cm³/mol. The summed E-state index contributed by atoms with van der Waals surface area (Å²) in [5.74, 6) is 1.47. The molecule has 7 rings (SSSR count). The first-order valence-electron chi connectivity index (χ1n) is 11.6. The van der Waals surface area contributed by atoms with Crippen LogP contribution in [0.2, 0.25) is 0 Å². The van der Waals surface area contributed by atoms with Crippen LogP contribution in [0.3, 0.4) is 0 Å². The third kappa shape index (κ3) is 3.41. The Labute approximate surface area is 206 Å². The van der Waals surface area contributed by atoms with Crippen molar-refractivity contribution < 1.29 is 9.13 Å². The summed E-state index contributed by atoms with van der Waals surface area (Å²) in [5, 5.41) is 2.10. The Balaban J connectivity index is 1.27. The number of hydrogen-bond donors (Lipinski definition) is 0. The van der Waals surface area contributed by atoms with E-state index in [0.717, 1.165) is 33.2 Å². The molecule has 0 saturated heterocycles. The Morgan fingerprint density at radius 3 is 2.67 bits per heavy atom. The first kappa shape index (κ1) is 20.5. The molecule has 0 N–H and O–H groups in total. The topological polar surface area (TPSA) is 46.4 Å². The van der Waals surface area contributed by atoms with Gasteiger partial charge in [0.05, 0.1) is 41.5 Å². The monoisotopic (exact) mass is 473 g/mol. The van der Waals surface area contributed by atoms with Crippen LogP contribution in [-0.2, 0) is 0 Å². The molecule has 0 spiro atoms. The normalized spacial score (nSPS) is 14.5. The Hall–Kier alpha value is -4.91. The lowest BCUT2D eigenvalue weighted by Crippen LogP contribution is -2.22. The van der Waals surface area contributed by atoms with Crippen LogP contribution in [0.1, 0.15) is 0 Å². The number of anilines is 1. The van der Waals surface area contributed by atoms with E-state index in [2.05, 4.69) is 44.3 Å². The van der Waals surface area contributed by atoms with Gasteiger partial charge in [-0.05, 0) is 36.4 Å². The van der Waals surface area contributed by atoms with Crippen LogP contribution in [-0.4, -0.2) is 26.1 Å². The molecule has 5 heterocycles. The SMILES string of the molecule is Fc1ccnc(-n2c3ccccc3c3ccc(Oc4cncc(N5C=C6C=CC=CN6C5)c4)cc32)c1. The number of allylic oxidation sites excluding steroid dienone is 3. The Morgan fingerprint density at radius 2 is 1.75 bits per heavy atom. The number of rotatable bonds is 4. The average Bonchev–Trinajstić information content (AvgIpc) is 3.48. The van der Waals surface area contributed by atoms with E-state index in [0.29, 0.717) is 24.0 Å². The van der Waals surface area contributed by atoms with Gasteiger partial charge < -0.3 is 14.5 Å². The molecule has 0 amide bonds. The van der Waals surface area contributed by atoms with Crippen molar-refractivity contribution >= 4 is 27.5 Å². The molecule has 2 aliphatic rings. The first-order chi connectivity index (χ1) is 17.7. The predicted octanol–water partition coefficient (Wildman–Crippen LogP) is 6.51. The second-order valence-electron chi connectivity index (χ2n) is 8.68. The van der Waals surface area contributed by atoms with Gasteiger partial charge in [-0.15, -0.1) is 0 Å². The van der Waals surface area contributed by atoms with Crippen LogP contribution in [0.5, 0.6) is 11.5 Å². The summed E-state index contributed by atoms with van der Waals surface area (Å²) in [6.07, 6.45) is 15.3. The zero-order valence-corrected chi connectivity index (χ0v) is 19.1. The van der Waals surface area contributed by atoms with Crippen molar-refractivity contribution in [2.24, 2.45) is 0 Å². The fraction of sp³-hybridized carbons (Fsp3) is 0.0345. The molecule has 0 saturated carbocycles. The highest BCUT2D eigenvalue weighted by atomic mass is 19.1. The summed E-state index contributed by atoms with van der Waals surface area (Å²) in [5.41, 5.74) is 3.91. The summed E-state index contributed by atoms with van der Waals surface area (Å²) in [4.78, 5) is 13.1. The quantitative estimate of drug-likeness (QED) is 0.298. The minimum Gasteiger partial charge on any atom is -0.456 e. The highest BCUT2D eigenvalue weighted by Crippen LogP contribution is 2.35. The van der Waals surface area contributed by atoms with Crippen molar-refractivity contribution in [1.29, 1.82) is 0 Å². The summed E-state index contributed by atoms with van der Waals surface area (Å²) in [7, 11) is 0. The maximum absolute atomic E-state index is 14.1. The molecular weight excluding hydrogens is 453 g/mol. The molecule has 6 nitrogen and oxygen atoms in total. The number of ether oxygens (including phenoxy) is 1. The fourth-order valence-electron chi connectivity index (χ4n) is 4.79. The molecular formula is C29H20FN5O. The molecule has 3 aromatic heterocycles. The molecule has 36 heavy (non-hydrogen) atoms. The number of aromatic nitrogens is 3. The molecule has 2 aliphatic heterocycles. The molecule has 0 aliphatic carbocycles. The van der Waals surface area contributed by atoms with E-state index in [1.165, 1.54) is 18.3 Å². The van der Waals surface area contributed by atoms with Crippen molar-refractivity contribution in [3.8, 4) is 17.3 Å². The summed E-state index contributed by atoms with van der Waals surface area (Å²) in [6.45, 7) is 0.716. The van der Waals surface area contributed by atoms with Crippen LogP contribution in [0.25, 0.3) is 27.6 Å². The van der Waals surface area contributed by atoms with E-state index in [1.807, 2.05) is 65.4 Å². The van der Waals surface area contributed by atoms with Crippen LogP contribution >= 0.6 is 0 Å². The van der Waals surface area contributed by atoms with Crippen LogP contribution in [0.4, 0.5) is 10.1 Å². The van der Waals surface area contributed by atoms with Gasteiger partial charge in [-0.2, -0.15) is 0 Å². The van der Waals surface area contributed by atoms with Gasteiger partial charge in [0, 0.05) is 47.6 Å². The van der Waals surface area contributed by atoms with Crippen LogP contribution < -0.4 is 9.64 Å². The summed E-state index contributed by atoms with van der Waals surface area (Å²) < 4.78 is 22.3. The number of fused-ring (bicyclic) bond motifs is 4. The van der Waals surface area contributed by atoms with E-state index >= 15 is 0 Å². The second-order valence-corrected chi connectivity index (χ2v) is 8.68. The van der Waals surface area contributed by atoms with E-state index in [9.17, 15) is 4.39 Å². The first-order valence-corrected chi connectivity index (χ1v) is 11.6. The van der Waals surface area contributed by atoms with Gasteiger partial charge in [0.1, 0.15) is 23.1 Å². The highest BCUT2D eigenvalue weighted by molar-refractivity contribution is 6.09. The van der Waals surface area contributed by atoms with Gasteiger partial charge >= 0.3 is 0 Å². The number of halogens is 1. The van der Waals surface area contributed by atoms with Gasteiger partial charge in [0.15, 0.2) is 0 Å². The number of hydrogen-bond acceptors (Lipinski definition) is 5. The molecule has 0 atom stereocenters. The van der Waals surface area contributed by atoms with Crippen molar-refractivity contribution in [2.75, 3.05) is 11.6 Å². The zero-order chi connectivity index (χ0) is 24.1. The maximum Gasteiger partial charge on any atom is 0.147 e. The molecule has 0 radical (unpaired) electrons. The molecule has 5 aromatic rings. The second kappa shape index (κ2) is 8.09. The molecule has 0 bridgehead atoms. The van der Waals surface area contributed by atoms with E-state index in [-0.39, 0.29) is 5.82 Å². The number of pyridine rings is 2. The number of nitrogens with zero attached hydrogens (tertiary/aromatic N) is 5. The molecule has 2 aromatic carbocycles. The van der Waals surface area contributed by atoms with E-state index < -0.39 is 0 Å². The smallest absolute Gasteiger partial charge is 0.147 e. The molecule has 174 valence electrons. The lowest BCUT2D eigenvalue weighted by atomic mass is 10.1. The fourth-order valence-corrected chi connectivity index (χ4v) is 4.79. The summed E-state index contributed by atoms with van der Waals surface area (Å²) >= 11 is 0. The van der Waals surface area contributed by atoms with E-state index in [4.69, 9.17) is 4.74 Å². The third-order valence-corrected chi connectivity index (χ3v) is 6.42. The average molecular weight is 474 g/mol. The zero-order valence-electron chi connectivity index (χ0n) is 19.1. The van der Waals surface area contributed by atoms with E-state index in [1.54, 1.807) is 6.20 Å². The van der Waals surface area contributed by atoms with Crippen LogP contribution in [0, 0.1) is 5.82 Å². The van der Waals surface area contributed by atoms with Crippen LogP contribution in [0.15, 0.2) is 116 Å². The largest absolute Gasteiger partial charge is 0.456 e. The molecule has 0 unspecified atom stereocenters. The minimum atomic E-state index is -0.333. The van der Waals surface area contributed by atoms with Crippen molar-refractivity contribution in [1.82, 2.24) is 19.4 Å². The lowest BCUT2D eigenvalue weighted by Gasteiger charge is -2.20. The molecule has 7 heteroatoms. The molecule has 0 fully saturated rings. The maximum atomic E-state index is 14.1. The number of para-hydroxylation sites is 1. The Morgan fingerprint density at radius 1 is 0.833 bits per heavy atom. The standard InChI is InChI=1S/C29H20FN5O/c30-20-10-11-32-29(13-20)35-27-7-2-1-6-25(27)26-9-8-23(15-28(26)35)36-24-14-22(16-31-17-24)34-18-21-5-3-4-12-33(21)19-34/h1-18H,19H2. The van der Waals surface area contributed by atoms with Gasteiger partial charge in [-0.1, -0.05) is 24.3 Å². The van der Waals surface area contributed by atoms with Crippen molar-refractivity contribution in [3.05, 3.63) is 121 Å². The number of benzene rings is 2. The van der Waals surface area contributed by atoms with Crippen molar-refractivity contribution in [3.63, 3.8) is 0 Å². The van der Waals surface area contributed by atoms with Gasteiger partial charge in [-0.25, -0.2) is 9.37 Å². The summed E-state index contributed by atoms with van der Waals surface area (Å²) in [6, 6.07) is 18.7. The highest BCUT2D eigenvalue weighted by Gasteiger charge is 2.20. The van der Waals surface area contributed by atoms with Gasteiger partial charge in [0.2, 0.25) is 0 Å². The van der Waals surface area contributed by atoms with Gasteiger partial charge in [0.25, 0.3) is 0 Å². The Bertz CT molecular complexity index is 1730. The minimum absolute atomic E-state index is 0.333. The third-order valence-electron chi connectivity index (χ3n) is 6.42. The lowest BCUT2D eigenvalue weighted by molar-refractivity contribution is 0.480. The van der Waals surface area contributed by atoms with Crippen molar-refractivity contribution in [2.45, 2.75) is 0 Å².